The second kappa shape index (κ2) is 6.07. The first-order valence-corrected chi connectivity index (χ1v) is 7.72. The highest BCUT2D eigenvalue weighted by Crippen LogP contribution is 2.30. The van der Waals surface area contributed by atoms with Gasteiger partial charge in [-0.15, -0.1) is 0 Å². The normalized spacial score (nSPS) is 19.3. The van der Waals surface area contributed by atoms with Gasteiger partial charge in [0.15, 0.2) is 0 Å². The number of carbonyl (C=O) groups excluding carboxylic acids is 1. The smallest absolute Gasteiger partial charge is 0.410 e. The van der Waals surface area contributed by atoms with E-state index in [0.717, 1.165) is 0 Å². The van der Waals surface area contributed by atoms with Crippen LogP contribution in [0.4, 0.5) is 4.79 Å². The Balaban J connectivity index is 2.71. The van der Waals surface area contributed by atoms with Crippen molar-refractivity contribution in [2.45, 2.75) is 72.1 Å². The summed E-state index contributed by atoms with van der Waals surface area (Å²) in [6, 6.07) is 0.132. The summed E-state index contributed by atoms with van der Waals surface area (Å²) in [5.74, 6) is -0.863. The number of rotatable bonds is 4. The fraction of sp³-hybridized carbons (Fsp3) is 0.875. The minimum atomic E-state index is -0.863. The molecule has 1 rings (SSSR count). The van der Waals surface area contributed by atoms with Gasteiger partial charge in [-0.1, -0.05) is 20.8 Å². The lowest BCUT2D eigenvalue weighted by Gasteiger charge is -2.52. The van der Waals surface area contributed by atoms with Gasteiger partial charge in [-0.3, -0.25) is 4.79 Å². The predicted octanol–water partition coefficient (Wildman–Crippen LogP) is 2.47. The third kappa shape index (κ3) is 5.16. The minimum Gasteiger partial charge on any atom is -0.481 e. The molecule has 1 saturated heterocycles. The van der Waals surface area contributed by atoms with Crippen LogP contribution in [0.15, 0.2) is 0 Å². The Kier molecular flexibility index (Phi) is 5.17. The summed E-state index contributed by atoms with van der Waals surface area (Å²) in [6.45, 7) is 14.5. The van der Waals surface area contributed by atoms with Crippen molar-refractivity contribution in [2.24, 2.45) is 5.41 Å². The second-order valence-electron chi connectivity index (χ2n) is 8.42. The molecule has 0 aromatic heterocycles. The molecule has 0 radical (unpaired) electrons. The van der Waals surface area contributed by atoms with Crippen LogP contribution in [0.3, 0.4) is 0 Å². The lowest BCUT2D eigenvalue weighted by molar-refractivity contribution is -0.141. The van der Waals surface area contributed by atoms with Gasteiger partial charge in [0.25, 0.3) is 0 Å². The number of hydrogen-bond acceptors (Lipinski definition) is 4. The van der Waals surface area contributed by atoms with Crippen molar-refractivity contribution in [2.75, 3.05) is 13.1 Å². The first-order valence-electron chi connectivity index (χ1n) is 7.72. The number of amides is 1. The van der Waals surface area contributed by atoms with Gasteiger partial charge in [-0.25, -0.2) is 4.79 Å². The minimum absolute atomic E-state index is 0.00722. The number of ether oxygens (including phenoxy) is 1. The standard InChI is InChI=1S/C16H30N2O4/c1-11(14(2,3)4)17-16(8-12(19)20)9-18(10-16)13(21)22-15(5,6)7/h11,17H,8-10H2,1-7H3,(H,19,20). The van der Waals surface area contributed by atoms with Gasteiger partial charge in [0, 0.05) is 19.1 Å². The van der Waals surface area contributed by atoms with Crippen LogP contribution in [0.2, 0.25) is 0 Å². The highest BCUT2D eigenvalue weighted by molar-refractivity contribution is 5.73. The Hall–Kier alpha value is -1.30. The SMILES string of the molecule is CC(NC1(CC(=O)O)CN(C(=O)OC(C)(C)C)C1)C(C)(C)C. The molecule has 128 valence electrons. The van der Waals surface area contributed by atoms with Gasteiger partial charge in [-0.2, -0.15) is 0 Å². The van der Waals surface area contributed by atoms with Crippen molar-refractivity contribution in [3.63, 3.8) is 0 Å². The van der Waals surface area contributed by atoms with Crippen molar-refractivity contribution in [1.29, 1.82) is 0 Å². The molecule has 1 unspecified atom stereocenters. The van der Waals surface area contributed by atoms with Crippen LogP contribution < -0.4 is 5.32 Å². The summed E-state index contributed by atoms with van der Waals surface area (Å²) < 4.78 is 5.32. The molecule has 0 spiro atoms. The van der Waals surface area contributed by atoms with Crippen LogP contribution in [0.25, 0.3) is 0 Å². The highest BCUT2D eigenvalue weighted by Gasteiger charge is 2.49. The molecule has 0 aliphatic carbocycles. The monoisotopic (exact) mass is 314 g/mol. The maximum atomic E-state index is 12.0. The Morgan fingerprint density at radius 1 is 1.23 bits per heavy atom. The van der Waals surface area contributed by atoms with Crippen LogP contribution in [-0.2, 0) is 9.53 Å². The molecular weight excluding hydrogens is 284 g/mol. The predicted molar refractivity (Wildman–Crippen MR) is 84.8 cm³/mol. The molecule has 0 saturated carbocycles. The Bertz CT molecular complexity index is 428. The quantitative estimate of drug-likeness (QED) is 0.833. The van der Waals surface area contributed by atoms with Gasteiger partial charge in [0.2, 0.25) is 0 Å². The van der Waals surface area contributed by atoms with Gasteiger partial charge >= 0.3 is 12.1 Å². The van der Waals surface area contributed by atoms with E-state index >= 15 is 0 Å². The van der Waals surface area contributed by atoms with Crippen LogP contribution in [0, 0.1) is 5.41 Å². The molecule has 0 aromatic carbocycles. The zero-order chi connectivity index (χ0) is 17.3. The lowest BCUT2D eigenvalue weighted by atomic mass is 9.81. The fourth-order valence-corrected chi connectivity index (χ4v) is 2.36. The Labute approximate surface area is 133 Å². The molecule has 6 nitrogen and oxygen atoms in total. The molecule has 0 aromatic rings. The van der Waals surface area contributed by atoms with E-state index in [2.05, 4.69) is 26.1 Å². The molecule has 1 aliphatic heterocycles. The summed E-state index contributed by atoms with van der Waals surface area (Å²) in [5, 5.41) is 12.6. The molecular formula is C16H30N2O4. The number of carboxylic acids is 1. The largest absolute Gasteiger partial charge is 0.481 e. The highest BCUT2D eigenvalue weighted by atomic mass is 16.6. The van der Waals surface area contributed by atoms with E-state index in [9.17, 15) is 9.59 Å². The average molecular weight is 314 g/mol. The Morgan fingerprint density at radius 2 is 1.73 bits per heavy atom. The number of aliphatic carboxylic acids is 1. The van der Waals surface area contributed by atoms with E-state index in [1.54, 1.807) is 4.90 Å². The van der Waals surface area contributed by atoms with Gasteiger partial charge in [0.05, 0.1) is 12.0 Å². The first-order chi connectivity index (χ1) is 9.74. The molecule has 0 bridgehead atoms. The number of nitrogens with one attached hydrogen (secondary N) is 1. The number of hydrogen-bond donors (Lipinski definition) is 2. The molecule has 1 atom stereocenters. The van der Waals surface area contributed by atoms with E-state index in [4.69, 9.17) is 9.84 Å². The maximum Gasteiger partial charge on any atom is 0.410 e. The van der Waals surface area contributed by atoms with Crippen LogP contribution in [0.1, 0.15) is 54.9 Å². The van der Waals surface area contributed by atoms with E-state index in [-0.39, 0.29) is 17.9 Å². The summed E-state index contributed by atoms with van der Waals surface area (Å²) >= 11 is 0. The molecule has 1 amide bonds. The molecule has 22 heavy (non-hydrogen) atoms. The topological polar surface area (TPSA) is 78.9 Å². The summed E-state index contributed by atoms with van der Waals surface area (Å²) in [4.78, 5) is 24.7. The maximum absolute atomic E-state index is 12.0. The zero-order valence-electron chi connectivity index (χ0n) is 14.8. The van der Waals surface area contributed by atoms with E-state index in [1.165, 1.54) is 0 Å². The van der Waals surface area contributed by atoms with Crippen LogP contribution in [0.5, 0.6) is 0 Å². The molecule has 1 fully saturated rings. The lowest BCUT2D eigenvalue weighted by Crippen LogP contribution is -2.73. The number of carbonyl (C=O) groups is 2. The third-order valence-corrected chi connectivity index (χ3v) is 3.95. The van der Waals surface area contributed by atoms with E-state index in [1.807, 2.05) is 27.7 Å². The van der Waals surface area contributed by atoms with Crippen molar-refractivity contribution in [3.8, 4) is 0 Å². The summed E-state index contributed by atoms with van der Waals surface area (Å²) in [5.41, 5.74) is -1.11. The van der Waals surface area contributed by atoms with Crippen LogP contribution in [-0.4, -0.2) is 52.3 Å². The summed E-state index contributed by atoms with van der Waals surface area (Å²) in [7, 11) is 0. The average Bonchev–Trinajstić information content (AvgIpc) is 2.19. The Morgan fingerprint density at radius 3 is 2.09 bits per heavy atom. The summed E-state index contributed by atoms with van der Waals surface area (Å²) in [6.07, 6.45) is -0.397. The fourth-order valence-electron chi connectivity index (χ4n) is 2.36. The molecule has 6 heteroatoms. The van der Waals surface area contributed by atoms with Gasteiger partial charge < -0.3 is 20.1 Å². The number of likely N-dealkylation sites (tertiary alicyclic amines) is 1. The van der Waals surface area contributed by atoms with Crippen molar-refractivity contribution in [1.82, 2.24) is 10.2 Å². The van der Waals surface area contributed by atoms with Gasteiger partial charge in [-0.05, 0) is 33.1 Å². The second-order valence-corrected chi connectivity index (χ2v) is 8.42. The molecule has 1 heterocycles. The number of nitrogens with zero attached hydrogens (tertiary/aromatic N) is 1. The first kappa shape index (κ1) is 18.7. The van der Waals surface area contributed by atoms with E-state index < -0.39 is 23.2 Å². The van der Waals surface area contributed by atoms with Crippen molar-refractivity contribution >= 4 is 12.1 Å². The number of carboxylic acid groups (broad SMARTS) is 1. The van der Waals surface area contributed by atoms with E-state index in [0.29, 0.717) is 13.1 Å². The van der Waals surface area contributed by atoms with Crippen LogP contribution >= 0.6 is 0 Å². The van der Waals surface area contributed by atoms with Crippen molar-refractivity contribution in [3.05, 3.63) is 0 Å². The molecule has 1 aliphatic rings. The van der Waals surface area contributed by atoms with Gasteiger partial charge in [0.1, 0.15) is 5.60 Å². The van der Waals surface area contributed by atoms with Crippen molar-refractivity contribution < 1.29 is 19.4 Å². The zero-order valence-corrected chi connectivity index (χ0v) is 14.8. The third-order valence-electron chi connectivity index (χ3n) is 3.95. The molecule has 2 N–H and O–H groups in total.